The van der Waals surface area contributed by atoms with Crippen LogP contribution in [0.2, 0.25) is 5.02 Å². The van der Waals surface area contributed by atoms with Gasteiger partial charge in [-0.15, -0.1) is 0 Å². The van der Waals surface area contributed by atoms with Crippen LogP contribution in [0.1, 0.15) is 5.56 Å². The molecule has 100 valence electrons. The fourth-order valence-electron chi connectivity index (χ4n) is 1.34. The van der Waals surface area contributed by atoms with Crippen LogP contribution in [0.15, 0.2) is 28.9 Å². The maximum Gasteiger partial charge on any atom is 0.256 e. The fourth-order valence-corrected chi connectivity index (χ4v) is 2.06. The van der Waals surface area contributed by atoms with Gasteiger partial charge in [0.05, 0.1) is 16.1 Å². The molecule has 0 aliphatic heterocycles. The van der Waals surface area contributed by atoms with Gasteiger partial charge in [-0.2, -0.15) is 0 Å². The maximum atomic E-state index is 13.8. The lowest BCUT2D eigenvalue weighted by Crippen LogP contribution is -1.98. The summed E-state index contributed by atoms with van der Waals surface area (Å²) >= 11 is 8.71. The van der Waals surface area contributed by atoms with E-state index in [1.54, 1.807) is 0 Å². The van der Waals surface area contributed by atoms with Crippen molar-refractivity contribution < 1.29 is 18.6 Å². The van der Waals surface area contributed by atoms with Gasteiger partial charge < -0.3 is 9.84 Å². The number of hydrogen-bond acceptors (Lipinski definition) is 3. The van der Waals surface area contributed by atoms with E-state index < -0.39 is 18.2 Å². The van der Waals surface area contributed by atoms with E-state index in [1.807, 2.05) is 0 Å². The van der Waals surface area contributed by atoms with Crippen molar-refractivity contribution in [3.05, 3.63) is 51.1 Å². The summed E-state index contributed by atoms with van der Waals surface area (Å²) in [5.41, 5.74) is 0.0376. The highest BCUT2D eigenvalue weighted by atomic mass is 79.9. The third kappa shape index (κ3) is 3.02. The molecule has 1 aromatic carbocycles. The average Bonchev–Trinajstić information content (AvgIpc) is 2.38. The molecule has 0 saturated heterocycles. The van der Waals surface area contributed by atoms with Crippen LogP contribution in [0, 0.1) is 11.6 Å². The Kier molecular flexibility index (Phi) is 4.34. The number of rotatable bonds is 3. The van der Waals surface area contributed by atoms with Crippen LogP contribution in [-0.2, 0) is 6.61 Å². The minimum atomic E-state index is -0.799. The molecule has 2 aromatic rings. The smallest absolute Gasteiger partial charge is 0.256 e. The zero-order chi connectivity index (χ0) is 14.0. The van der Waals surface area contributed by atoms with Crippen molar-refractivity contribution in [3.8, 4) is 11.6 Å². The number of aliphatic hydroxyl groups excluding tert-OH is 1. The second-order valence-electron chi connectivity index (χ2n) is 3.55. The lowest BCUT2D eigenvalue weighted by molar-refractivity contribution is 0.272. The summed E-state index contributed by atoms with van der Waals surface area (Å²) in [4.78, 5) is 3.69. The van der Waals surface area contributed by atoms with Gasteiger partial charge in [-0.05, 0) is 28.1 Å². The number of halogens is 4. The Labute approximate surface area is 120 Å². The van der Waals surface area contributed by atoms with E-state index in [-0.39, 0.29) is 22.2 Å². The molecule has 0 radical (unpaired) electrons. The molecule has 19 heavy (non-hydrogen) atoms. The lowest BCUT2D eigenvalue weighted by atomic mass is 10.2. The van der Waals surface area contributed by atoms with Gasteiger partial charge in [0.2, 0.25) is 0 Å². The van der Waals surface area contributed by atoms with Crippen LogP contribution in [0.5, 0.6) is 11.6 Å². The molecule has 0 spiro atoms. The van der Waals surface area contributed by atoms with E-state index in [0.717, 1.165) is 6.07 Å². The first-order chi connectivity index (χ1) is 9.02. The zero-order valence-electron chi connectivity index (χ0n) is 9.33. The molecule has 0 aliphatic rings. The Balaban J connectivity index is 2.39. The van der Waals surface area contributed by atoms with E-state index in [9.17, 15) is 8.78 Å². The van der Waals surface area contributed by atoms with Gasteiger partial charge in [-0.3, -0.25) is 0 Å². The minimum Gasteiger partial charge on any atom is -0.435 e. The third-order valence-corrected chi connectivity index (χ3v) is 3.20. The van der Waals surface area contributed by atoms with Crippen molar-refractivity contribution in [3.63, 3.8) is 0 Å². The first kappa shape index (κ1) is 14.2. The molecule has 1 aromatic heterocycles. The van der Waals surface area contributed by atoms with Gasteiger partial charge in [0.1, 0.15) is 11.6 Å². The van der Waals surface area contributed by atoms with Crippen LogP contribution in [0.3, 0.4) is 0 Å². The normalized spacial score (nSPS) is 10.6. The summed E-state index contributed by atoms with van der Waals surface area (Å²) in [7, 11) is 0. The number of nitrogens with zero attached hydrogens (tertiary/aromatic N) is 1. The number of hydrogen-bond donors (Lipinski definition) is 1. The van der Waals surface area contributed by atoms with E-state index in [4.69, 9.17) is 21.4 Å². The van der Waals surface area contributed by atoms with Gasteiger partial charge in [0, 0.05) is 17.8 Å². The highest BCUT2D eigenvalue weighted by Gasteiger charge is 2.14. The largest absolute Gasteiger partial charge is 0.435 e. The molecular weight excluding hydrogens is 343 g/mol. The number of aliphatic hydroxyl groups is 1. The molecule has 2 rings (SSSR count). The van der Waals surface area contributed by atoms with Crippen molar-refractivity contribution in [2.24, 2.45) is 0 Å². The zero-order valence-corrected chi connectivity index (χ0v) is 11.7. The Bertz CT molecular complexity index is 625. The summed E-state index contributed by atoms with van der Waals surface area (Å²) in [5.74, 6) is -1.82. The van der Waals surface area contributed by atoms with E-state index >= 15 is 0 Å². The van der Waals surface area contributed by atoms with E-state index in [0.29, 0.717) is 4.47 Å². The Morgan fingerprint density at radius 1 is 1.37 bits per heavy atom. The van der Waals surface area contributed by atoms with E-state index in [1.165, 1.54) is 18.3 Å². The summed E-state index contributed by atoms with van der Waals surface area (Å²) < 4.78 is 32.6. The van der Waals surface area contributed by atoms with Gasteiger partial charge in [0.15, 0.2) is 5.82 Å². The van der Waals surface area contributed by atoms with Gasteiger partial charge in [-0.25, -0.2) is 13.8 Å². The molecule has 0 saturated carbocycles. The number of benzene rings is 1. The van der Waals surface area contributed by atoms with E-state index in [2.05, 4.69) is 20.9 Å². The summed E-state index contributed by atoms with van der Waals surface area (Å²) in [6, 6.07) is 3.62. The highest BCUT2D eigenvalue weighted by Crippen LogP contribution is 2.34. The SMILES string of the molecule is OCc1ccnc(Oc2cc(F)c(Cl)cc2Br)c1F. The Morgan fingerprint density at radius 3 is 2.79 bits per heavy atom. The minimum absolute atomic E-state index is 0.0309. The molecule has 1 N–H and O–H groups in total. The summed E-state index contributed by atoms with van der Waals surface area (Å²) in [6.45, 7) is -0.485. The summed E-state index contributed by atoms with van der Waals surface area (Å²) in [6.07, 6.45) is 1.28. The van der Waals surface area contributed by atoms with Crippen LogP contribution < -0.4 is 4.74 Å². The topological polar surface area (TPSA) is 42.4 Å². The van der Waals surface area contributed by atoms with Crippen LogP contribution in [0.4, 0.5) is 8.78 Å². The first-order valence-corrected chi connectivity index (χ1v) is 6.26. The Hall–Kier alpha value is -1.24. The quantitative estimate of drug-likeness (QED) is 0.849. The fraction of sp³-hybridized carbons (Fsp3) is 0.0833. The maximum absolute atomic E-state index is 13.8. The Morgan fingerprint density at radius 2 is 2.11 bits per heavy atom. The first-order valence-electron chi connectivity index (χ1n) is 5.09. The predicted octanol–water partition coefficient (Wildman–Crippen LogP) is 4.06. The molecule has 7 heteroatoms. The number of pyridine rings is 1. The summed E-state index contributed by atoms with van der Waals surface area (Å²) in [5, 5.41) is 8.85. The predicted molar refractivity (Wildman–Crippen MR) is 69.3 cm³/mol. The highest BCUT2D eigenvalue weighted by molar-refractivity contribution is 9.10. The molecule has 1 heterocycles. The van der Waals surface area contributed by atoms with Gasteiger partial charge in [-0.1, -0.05) is 11.6 Å². The van der Waals surface area contributed by atoms with Crippen LogP contribution in [0.25, 0.3) is 0 Å². The molecule has 0 atom stereocenters. The second-order valence-corrected chi connectivity index (χ2v) is 4.81. The second kappa shape index (κ2) is 5.81. The molecule has 0 aliphatic carbocycles. The number of ether oxygens (including phenoxy) is 1. The van der Waals surface area contributed by atoms with Crippen molar-refractivity contribution in [1.82, 2.24) is 4.98 Å². The third-order valence-electron chi connectivity index (χ3n) is 2.29. The van der Waals surface area contributed by atoms with Crippen molar-refractivity contribution in [1.29, 1.82) is 0 Å². The van der Waals surface area contributed by atoms with Crippen molar-refractivity contribution in [2.75, 3.05) is 0 Å². The average molecular weight is 351 g/mol. The molecular formula is C12H7BrClF2NO2. The van der Waals surface area contributed by atoms with Crippen molar-refractivity contribution in [2.45, 2.75) is 6.61 Å². The molecule has 0 amide bonds. The van der Waals surface area contributed by atoms with Crippen molar-refractivity contribution >= 4 is 27.5 Å². The standard InChI is InChI=1S/C12H7BrClF2NO2/c13-7-3-8(14)9(15)4-10(7)19-12-11(16)6(5-18)1-2-17-12/h1-4,18H,5H2. The monoisotopic (exact) mass is 349 g/mol. The lowest BCUT2D eigenvalue weighted by Gasteiger charge is -2.09. The molecule has 0 unspecified atom stereocenters. The molecule has 0 bridgehead atoms. The molecule has 0 fully saturated rings. The van der Waals surface area contributed by atoms with Gasteiger partial charge >= 0.3 is 0 Å². The number of aromatic nitrogens is 1. The van der Waals surface area contributed by atoms with Gasteiger partial charge in [0.25, 0.3) is 5.88 Å². The van der Waals surface area contributed by atoms with Crippen LogP contribution in [-0.4, -0.2) is 10.1 Å². The van der Waals surface area contributed by atoms with Crippen LogP contribution >= 0.6 is 27.5 Å². The molecule has 3 nitrogen and oxygen atoms in total.